The van der Waals surface area contributed by atoms with Gasteiger partial charge in [0.15, 0.2) is 5.60 Å². The van der Waals surface area contributed by atoms with E-state index in [1.807, 2.05) is 58.0 Å². The van der Waals surface area contributed by atoms with Crippen molar-refractivity contribution in [2.45, 2.75) is 52.1 Å². The van der Waals surface area contributed by atoms with Crippen molar-refractivity contribution >= 4 is 23.2 Å². The number of rotatable bonds is 5. The van der Waals surface area contributed by atoms with Crippen molar-refractivity contribution < 1.29 is 14.7 Å². The molecule has 0 fully saturated rings. The van der Waals surface area contributed by atoms with Crippen molar-refractivity contribution in [3.8, 4) is 0 Å². The number of anilines is 2. The molecule has 2 heterocycles. The normalized spacial score (nSPS) is 21.1. The van der Waals surface area contributed by atoms with Crippen molar-refractivity contribution in [3.63, 3.8) is 0 Å². The SMILES string of the molecule is CC(C)=CCc1ccc2c(c1)NC(=O)[C@H]2[C@@]1(O)C(=O)Nc2cc(CC=C(C)C)ccc21. The van der Waals surface area contributed by atoms with Crippen LogP contribution in [0.1, 0.15) is 55.9 Å². The molecule has 2 amide bonds. The largest absolute Gasteiger partial charge is 0.374 e. The molecule has 4 rings (SSSR count). The highest BCUT2D eigenvalue weighted by Crippen LogP contribution is 2.50. The lowest BCUT2D eigenvalue weighted by molar-refractivity contribution is -0.141. The van der Waals surface area contributed by atoms with E-state index in [0.29, 0.717) is 22.5 Å². The minimum absolute atomic E-state index is 0.367. The van der Waals surface area contributed by atoms with Crippen LogP contribution in [0.4, 0.5) is 11.4 Å². The number of allylic oxidation sites excluding steroid dienone is 4. The van der Waals surface area contributed by atoms with E-state index >= 15 is 0 Å². The van der Waals surface area contributed by atoms with Crippen LogP contribution >= 0.6 is 0 Å². The standard InChI is InChI=1S/C26H28N2O3/c1-15(2)5-7-17-9-11-19-21(13-17)27-24(29)23(19)26(31)20-12-10-18(8-6-16(3)4)14-22(20)28-25(26)30/h5-6,9-14,23,31H,7-8H2,1-4H3,(H,27,29)(H,28,30)/t23-,26+/m0/s1. The topological polar surface area (TPSA) is 78.4 Å². The average Bonchev–Trinajstić information content (AvgIpc) is 3.17. The summed E-state index contributed by atoms with van der Waals surface area (Å²) in [6.07, 6.45) is 5.73. The highest BCUT2D eigenvalue weighted by atomic mass is 16.3. The highest BCUT2D eigenvalue weighted by Gasteiger charge is 2.57. The van der Waals surface area contributed by atoms with Crippen molar-refractivity contribution in [1.82, 2.24) is 0 Å². The van der Waals surface area contributed by atoms with E-state index in [1.54, 1.807) is 6.07 Å². The van der Waals surface area contributed by atoms with Gasteiger partial charge in [0.1, 0.15) is 5.92 Å². The van der Waals surface area contributed by atoms with E-state index in [1.165, 1.54) is 11.1 Å². The zero-order valence-corrected chi connectivity index (χ0v) is 18.4. The Morgan fingerprint density at radius 3 is 2.10 bits per heavy atom. The second-order valence-electron chi connectivity index (χ2n) is 8.92. The van der Waals surface area contributed by atoms with E-state index < -0.39 is 17.4 Å². The van der Waals surface area contributed by atoms with Crippen LogP contribution in [0.3, 0.4) is 0 Å². The van der Waals surface area contributed by atoms with Gasteiger partial charge in [-0.15, -0.1) is 0 Å². The smallest absolute Gasteiger partial charge is 0.262 e. The van der Waals surface area contributed by atoms with Gasteiger partial charge in [-0.3, -0.25) is 9.59 Å². The number of hydrogen-bond donors (Lipinski definition) is 3. The Labute approximate surface area is 182 Å². The third-order valence-corrected chi connectivity index (χ3v) is 5.95. The molecule has 3 N–H and O–H groups in total. The number of aliphatic hydroxyl groups is 1. The summed E-state index contributed by atoms with van der Waals surface area (Å²) in [5.74, 6) is -1.93. The predicted molar refractivity (Wildman–Crippen MR) is 123 cm³/mol. The molecule has 0 radical (unpaired) electrons. The molecule has 2 aliphatic rings. The van der Waals surface area contributed by atoms with Crippen molar-refractivity contribution in [2.75, 3.05) is 10.6 Å². The van der Waals surface area contributed by atoms with Crippen LogP contribution in [-0.4, -0.2) is 16.9 Å². The molecule has 31 heavy (non-hydrogen) atoms. The Balaban J connectivity index is 1.71. The van der Waals surface area contributed by atoms with E-state index in [0.717, 1.165) is 24.0 Å². The van der Waals surface area contributed by atoms with Gasteiger partial charge in [0.25, 0.3) is 5.91 Å². The van der Waals surface area contributed by atoms with Gasteiger partial charge < -0.3 is 15.7 Å². The Kier molecular flexibility index (Phi) is 5.31. The van der Waals surface area contributed by atoms with Gasteiger partial charge in [-0.1, -0.05) is 47.6 Å². The Hall–Kier alpha value is -3.18. The first kappa shape index (κ1) is 21.1. The van der Waals surface area contributed by atoms with Crippen LogP contribution in [0.25, 0.3) is 0 Å². The van der Waals surface area contributed by atoms with Crippen LogP contribution in [0.15, 0.2) is 59.7 Å². The number of carbonyl (C=O) groups excluding carboxylic acids is 2. The number of benzene rings is 2. The fraction of sp³-hybridized carbons (Fsp3) is 0.308. The lowest BCUT2D eigenvalue weighted by atomic mass is 9.78. The van der Waals surface area contributed by atoms with Crippen LogP contribution in [0.5, 0.6) is 0 Å². The molecule has 0 aliphatic carbocycles. The number of fused-ring (bicyclic) bond motifs is 2. The summed E-state index contributed by atoms with van der Waals surface area (Å²) < 4.78 is 0. The van der Waals surface area contributed by atoms with E-state index in [4.69, 9.17) is 0 Å². The Bertz CT molecular complexity index is 1140. The zero-order chi connectivity index (χ0) is 22.3. The summed E-state index contributed by atoms with van der Waals surface area (Å²) >= 11 is 0. The summed E-state index contributed by atoms with van der Waals surface area (Å²) in [6, 6.07) is 11.3. The van der Waals surface area contributed by atoms with Crippen molar-refractivity contribution in [2.24, 2.45) is 0 Å². The van der Waals surface area contributed by atoms with Gasteiger partial charge in [-0.2, -0.15) is 0 Å². The van der Waals surface area contributed by atoms with Crippen LogP contribution in [0.2, 0.25) is 0 Å². The summed E-state index contributed by atoms with van der Waals surface area (Å²) in [6.45, 7) is 8.16. The molecule has 0 aromatic heterocycles. The summed E-state index contributed by atoms with van der Waals surface area (Å²) in [4.78, 5) is 25.9. The number of hydrogen-bond acceptors (Lipinski definition) is 3. The lowest BCUT2D eigenvalue weighted by Crippen LogP contribution is -2.43. The maximum absolute atomic E-state index is 13.0. The predicted octanol–water partition coefficient (Wildman–Crippen LogP) is 4.58. The summed E-state index contributed by atoms with van der Waals surface area (Å²) in [7, 11) is 0. The van der Waals surface area contributed by atoms with Crippen LogP contribution in [0, 0.1) is 0 Å². The first-order valence-corrected chi connectivity index (χ1v) is 10.6. The van der Waals surface area contributed by atoms with E-state index in [9.17, 15) is 14.7 Å². The fourth-order valence-corrected chi connectivity index (χ4v) is 4.28. The van der Waals surface area contributed by atoms with Crippen molar-refractivity contribution in [1.29, 1.82) is 0 Å². The molecule has 0 saturated heterocycles. The molecule has 5 nitrogen and oxygen atoms in total. The molecule has 0 spiro atoms. The molecule has 2 aromatic rings. The minimum atomic E-state index is -1.94. The maximum atomic E-state index is 13.0. The molecule has 5 heteroatoms. The first-order chi connectivity index (χ1) is 14.7. The lowest BCUT2D eigenvalue weighted by Gasteiger charge is -2.26. The summed E-state index contributed by atoms with van der Waals surface area (Å²) in [5.41, 5.74) is 4.89. The number of amides is 2. The van der Waals surface area contributed by atoms with Gasteiger partial charge >= 0.3 is 0 Å². The minimum Gasteiger partial charge on any atom is -0.374 e. The quantitative estimate of drug-likeness (QED) is 0.625. The van der Waals surface area contributed by atoms with Gasteiger partial charge in [0.2, 0.25) is 5.91 Å². The molecular formula is C26H28N2O3. The molecule has 160 valence electrons. The molecule has 2 atom stereocenters. The molecule has 0 unspecified atom stereocenters. The third-order valence-electron chi connectivity index (χ3n) is 5.95. The van der Waals surface area contributed by atoms with Gasteiger partial charge in [-0.05, 0) is 69.4 Å². The van der Waals surface area contributed by atoms with Crippen molar-refractivity contribution in [3.05, 3.63) is 82.0 Å². The molecule has 2 aromatic carbocycles. The average molecular weight is 417 g/mol. The second-order valence-corrected chi connectivity index (χ2v) is 8.92. The Morgan fingerprint density at radius 2 is 1.48 bits per heavy atom. The maximum Gasteiger partial charge on any atom is 0.262 e. The van der Waals surface area contributed by atoms with Crippen LogP contribution in [-0.2, 0) is 28.0 Å². The van der Waals surface area contributed by atoms with E-state index in [-0.39, 0.29) is 5.91 Å². The Morgan fingerprint density at radius 1 is 0.903 bits per heavy atom. The second kappa shape index (κ2) is 7.82. The van der Waals surface area contributed by atoms with Gasteiger partial charge in [-0.25, -0.2) is 0 Å². The van der Waals surface area contributed by atoms with Gasteiger partial charge in [0, 0.05) is 16.9 Å². The number of nitrogens with one attached hydrogen (secondary N) is 2. The third kappa shape index (κ3) is 3.70. The van der Waals surface area contributed by atoms with E-state index in [2.05, 4.69) is 22.8 Å². The fourth-order valence-electron chi connectivity index (χ4n) is 4.28. The molecule has 0 bridgehead atoms. The summed E-state index contributed by atoms with van der Waals surface area (Å²) in [5, 5.41) is 17.2. The first-order valence-electron chi connectivity index (χ1n) is 10.6. The monoisotopic (exact) mass is 416 g/mol. The zero-order valence-electron chi connectivity index (χ0n) is 18.4. The molecule has 0 saturated carbocycles. The molecular weight excluding hydrogens is 388 g/mol. The molecule has 2 aliphatic heterocycles. The number of carbonyl (C=O) groups is 2. The van der Waals surface area contributed by atoms with Crippen LogP contribution < -0.4 is 10.6 Å². The highest BCUT2D eigenvalue weighted by molar-refractivity contribution is 6.13. The van der Waals surface area contributed by atoms with Gasteiger partial charge in [0.05, 0.1) is 0 Å².